The van der Waals surface area contributed by atoms with Gasteiger partial charge in [-0.25, -0.2) is 8.42 Å². The molecule has 1 N–H and O–H groups in total. The zero-order valence-electron chi connectivity index (χ0n) is 19.7. The van der Waals surface area contributed by atoms with E-state index in [1.54, 1.807) is 48.5 Å². The van der Waals surface area contributed by atoms with Gasteiger partial charge in [-0.2, -0.15) is 4.31 Å². The maximum absolute atomic E-state index is 13.2. The largest absolute Gasteiger partial charge is 0.339 e. The zero-order chi connectivity index (χ0) is 24.1. The highest BCUT2D eigenvalue weighted by atomic mass is 32.2. The van der Waals surface area contributed by atoms with Crippen molar-refractivity contribution in [1.29, 1.82) is 0 Å². The van der Waals surface area contributed by atoms with Crippen molar-refractivity contribution in [3.05, 3.63) is 59.7 Å². The van der Waals surface area contributed by atoms with Crippen LogP contribution < -0.4 is 5.32 Å². The molecule has 4 rings (SSSR count). The van der Waals surface area contributed by atoms with E-state index in [9.17, 15) is 18.0 Å². The Morgan fingerprint density at radius 1 is 0.882 bits per heavy atom. The third-order valence-corrected chi connectivity index (χ3v) is 8.60. The molecule has 2 aromatic rings. The number of anilines is 1. The van der Waals surface area contributed by atoms with Crippen LogP contribution in [0.3, 0.4) is 0 Å². The number of piperidine rings is 1. The van der Waals surface area contributed by atoms with Crippen LogP contribution >= 0.6 is 0 Å². The van der Waals surface area contributed by atoms with E-state index in [1.165, 1.54) is 4.31 Å². The van der Waals surface area contributed by atoms with Gasteiger partial charge in [-0.3, -0.25) is 9.59 Å². The number of carbonyl (C=O) groups is 2. The molecule has 2 saturated heterocycles. The average Bonchev–Trinajstić information content (AvgIpc) is 3.14. The Bertz CT molecular complexity index is 1120. The minimum atomic E-state index is -3.67. The van der Waals surface area contributed by atoms with Crippen molar-refractivity contribution >= 4 is 27.5 Å². The van der Waals surface area contributed by atoms with E-state index in [2.05, 4.69) is 5.32 Å². The fourth-order valence-corrected chi connectivity index (χ4v) is 6.22. The van der Waals surface area contributed by atoms with Crippen LogP contribution in [0, 0.1) is 12.8 Å². The van der Waals surface area contributed by atoms with Crippen molar-refractivity contribution in [2.24, 2.45) is 5.92 Å². The predicted octanol–water partition coefficient (Wildman–Crippen LogP) is 4.05. The number of likely N-dealkylation sites (tertiary alicyclic amines) is 1. The number of amides is 2. The monoisotopic (exact) mass is 483 g/mol. The summed E-state index contributed by atoms with van der Waals surface area (Å²) in [5, 5.41) is 2.93. The number of benzene rings is 2. The highest BCUT2D eigenvalue weighted by Crippen LogP contribution is 2.26. The van der Waals surface area contributed by atoms with Gasteiger partial charge >= 0.3 is 0 Å². The third kappa shape index (κ3) is 5.50. The molecule has 2 aromatic carbocycles. The smallest absolute Gasteiger partial charge is 0.255 e. The SMILES string of the molecule is Cc1ccc(S(=O)(=O)N2CCC[C@H](C(=O)Nc3ccccc3C(=O)N3CCCCCC3)C2)cc1. The van der Waals surface area contributed by atoms with Gasteiger partial charge in [0.1, 0.15) is 0 Å². The number of carbonyl (C=O) groups excluding carboxylic acids is 2. The molecular formula is C26H33N3O4S. The number of nitrogens with one attached hydrogen (secondary N) is 1. The highest BCUT2D eigenvalue weighted by molar-refractivity contribution is 7.89. The zero-order valence-corrected chi connectivity index (χ0v) is 20.5. The molecule has 34 heavy (non-hydrogen) atoms. The van der Waals surface area contributed by atoms with Crippen LogP contribution in [0.25, 0.3) is 0 Å². The van der Waals surface area contributed by atoms with E-state index < -0.39 is 15.9 Å². The first-order valence-electron chi connectivity index (χ1n) is 12.1. The Labute approximate surface area is 202 Å². The van der Waals surface area contributed by atoms with Crippen molar-refractivity contribution in [3.63, 3.8) is 0 Å². The van der Waals surface area contributed by atoms with Crippen molar-refractivity contribution in [2.75, 3.05) is 31.5 Å². The quantitative estimate of drug-likeness (QED) is 0.695. The van der Waals surface area contributed by atoms with E-state index in [4.69, 9.17) is 0 Å². The van der Waals surface area contributed by atoms with Crippen LogP contribution in [0.5, 0.6) is 0 Å². The summed E-state index contributed by atoms with van der Waals surface area (Å²) in [6.45, 7) is 3.90. The minimum absolute atomic E-state index is 0.0648. The molecule has 2 amide bonds. The Morgan fingerprint density at radius 2 is 1.56 bits per heavy atom. The Hall–Kier alpha value is -2.71. The predicted molar refractivity (Wildman–Crippen MR) is 132 cm³/mol. The summed E-state index contributed by atoms with van der Waals surface area (Å²) >= 11 is 0. The fraction of sp³-hybridized carbons (Fsp3) is 0.462. The summed E-state index contributed by atoms with van der Waals surface area (Å²) in [6, 6.07) is 13.9. The maximum atomic E-state index is 13.2. The molecule has 1 atom stereocenters. The summed E-state index contributed by atoms with van der Waals surface area (Å²) in [6.07, 6.45) is 5.46. The van der Waals surface area contributed by atoms with E-state index in [1.807, 2.05) is 11.8 Å². The third-order valence-electron chi connectivity index (χ3n) is 6.72. The summed E-state index contributed by atoms with van der Waals surface area (Å²) in [7, 11) is -3.67. The topological polar surface area (TPSA) is 86.8 Å². The lowest BCUT2D eigenvalue weighted by Crippen LogP contribution is -2.43. The summed E-state index contributed by atoms with van der Waals surface area (Å²) in [5.74, 6) is -0.791. The molecule has 2 heterocycles. The van der Waals surface area contributed by atoms with Crippen molar-refractivity contribution in [1.82, 2.24) is 9.21 Å². The van der Waals surface area contributed by atoms with E-state index in [0.29, 0.717) is 30.6 Å². The molecule has 7 nitrogen and oxygen atoms in total. The maximum Gasteiger partial charge on any atom is 0.255 e. The lowest BCUT2D eigenvalue weighted by molar-refractivity contribution is -0.120. The van der Waals surface area contributed by atoms with Crippen LogP contribution in [0.1, 0.15) is 54.4 Å². The molecule has 0 unspecified atom stereocenters. The second-order valence-electron chi connectivity index (χ2n) is 9.26. The molecular weight excluding hydrogens is 450 g/mol. The summed E-state index contributed by atoms with van der Waals surface area (Å²) < 4.78 is 27.6. The molecule has 2 aliphatic heterocycles. The van der Waals surface area contributed by atoms with Crippen LogP contribution in [0.2, 0.25) is 0 Å². The van der Waals surface area contributed by atoms with Gasteiger partial charge in [0.05, 0.1) is 22.1 Å². The van der Waals surface area contributed by atoms with Crippen LogP contribution in [0.15, 0.2) is 53.4 Å². The first-order valence-corrected chi connectivity index (χ1v) is 13.6. The molecule has 0 radical (unpaired) electrons. The molecule has 8 heteroatoms. The van der Waals surface area contributed by atoms with Gasteiger partial charge in [0.25, 0.3) is 5.91 Å². The normalized spacial score (nSPS) is 19.9. The van der Waals surface area contributed by atoms with E-state index >= 15 is 0 Å². The number of hydrogen-bond donors (Lipinski definition) is 1. The van der Waals surface area contributed by atoms with E-state index in [0.717, 1.165) is 44.3 Å². The number of nitrogens with zero attached hydrogens (tertiary/aromatic N) is 2. The molecule has 182 valence electrons. The van der Waals surface area contributed by atoms with Gasteiger partial charge in [0.2, 0.25) is 15.9 Å². The van der Waals surface area contributed by atoms with Crippen molar-refractivity contribution in [3.8, 4) is 0 Å². The fourth-order valence-electron chi connectivity index (χ4n) is 4.69. The number of rotatable bonds is 5. The Kier molecular flexibility index (Phi) is 7.68. The van der Waals surface area contributed by atoms with Gasteiger partial charge in [0, 0.05) is 26.2 Å². The van der Waals surface area contributed by atoms with Gasteiger partial charge in [-0.1, -0.05) is 42.7 Å². The first-order chi connectivity index (χ1) is 16.4. The number of sulfonamides is 1. The molecule has 0 bridgehead atoms. The number of hydrogen-bond acceptors (Lipinski definition) is 4. The molecule has 2 fully saturated rings. The van der Waals surface area contributed by atoms with Gasteiger partial charge < -0.3 is 10.2 Å². The van der Waals surface area contributed by atoms with Crippen molar-refractivity contribution < 1.29 is 18.0 Å². The van der Waals surface area contributed by atoms with Gasteiger partial charge in [0.15, 0.2) is 0 Å². The van der Waals surface area contributed by atoms with Gasteiger partial charge in [-0.05, 0) is 56.9 Å². The van der Waals surface area contributed by atoms with Crippen LogP contribution in [0.4, 0.5) is 5.69 Å². The van der Waals surface area contributed by atoms with Crippen LogP contribution in [-0.2, 0) is 14.8 Å². The van der Waals surface area contributed by atoms with Crippen molar-refractivity contribution in [2.45, 2.75) is 50.3 Å². The standard InChI is InChI=1S/C26H33N3O4S/c1-20-12-14-22(15-13-20)34(32,33)29-18-8-9-21(19-29)25(30)27-24-11-5-4-10-23(24)26(31)28-16-6-2-3-7-17-28/h4-5,10-15,21H,2-3,6-9,16-19H2,1H3,(H,27,30)/t21-/m0/s1. The van der Waals surface area contributed by atoms with Gasteiger partial charge in [-0.15, -0.1) is 0 Å². The number of para-hydroxylation sites is 1. The first kappa shape index (κ1) is 24.4. The highest BCUT2D eigenvalue weighted by Gasteiger charge is 2.33. The Morgan fingerprint density at radius 3 is 2.26 bits per heavy atom. The van der Waals surface area contributed by atoms with Crippen LogP contribution in [-0.4, -0.2) is 55.6 Å². The average molecular weight is 484 g/mol. The molecule has 0 saturated carbocycles. The lowest BCUT2D eigenvalue weighted by Gasteiger charge is -2.31. The molecule has 0 aliphatic carbocycles. The molecule has 0 aromatic heterocycles. The minimum Gasteiger partial charge on any atom is -0.339 e. The summed E-state index contributed by atoms with van der Waals surface area (Å²) in [4.78, 5) is 28.5. The van der Waals surface area contributed by atoms with E-state index in [-0.39, 0.29) is 23.3 Å². The second-order valence-corrected chi connectivity index (χ2v) is 11.2. The molecule has 2 aliphatic rings. The Balaban J connectivity index is 1.47. The lowest BCUT2D eigenvalue weighted by atomic mass is 9.98. The molecule has 0 spiro atoms. The summed E-state index contributed by atoms with van der Waals surface area (Å²) in [5.41, 5.74) is 1.96. The number of aryl methyl sites for hydroxylation is 1. The second kappa shape index (κ2) is 10.7.